The fraction of sp³-hybridized carbons (Fsp3) is 0.429. The Morgan fingerprint density at radius 2 is 1.95 bits per heavy atom. The zero-order valence-corrected chi connectivity index (χ0v) is 11.5. The van der Waals surface area contributed by atoms with Gasteiger partial charge in [0.05, 0.1) is 11.5 Å². The van der Waals surface area contributed by atoms with Crippen LogP contribution in [0.3, 0.4) is 0 Å². The van der Waals surface area contributed by atoms with Gasteiger partial charge in [-0.25, -0.2) is 0 Å². The first-order chi connectivity index (χ1) is 9.40. The van der Waals surface area contributed by atoms with Crippen LogP contribution in [0.1, 0.15) is 30.1 Å². The van der Waals surface area contributed by atoms with E-state index in [1.54, 1.807) is 23.1 Å². The SMILES string of the molecule is CC1CCC(C(N)=O)CN1C(=O)c1ccc(N)cc1N. The van der Waals surface area contributed by atoms with Crippen molar-refractivity contribution in [2.75, 3.05) is 18.0 Å². The summed E-state index contributed by atoms with van der Waals surface area (Å²) in [5.41, 5.74) is 18.1. The Kier molecular flexibility index (Phi) is 3.83. The second-order valence-electron chi connectivity index (χ2n) is 5.33. The van der Waals surface area contributed by atoms with Gasteiger partial charge in [0.15, 0.2) is 0 Å². The lowest BCUT2D eigenvalue weighted by Crippen LogP contribution is -2.48. The number of benzene rings is 1. The second kappa shape index (κ2) is 5.40. The van der Waals surface area contributed by atoms with E-state index in [0.717, 1.165) is 12.8 Å². The molecule has 2 amide bonds. The molecule has 0 bridgehead atoms. The second-order valence-corrected chi connectivity index (χ2v) is 5.33. The summed E-state index contributed by atoms with van der Waals surface area (Å²) in [6.07, 6.45) is 1.48. The van der Waals surface area contributed by atoms with Crippen molar-refractivity contribution in [2.24, 2.45) is 11.7 Å². The van der Waals surface area contributed by atoms with Gasteiger partial charge in [0.25, 0.3) is 5.91 Å². The maximum Gasteiger partial charge on any atom is 0.256 e. The van der Waals surface area contributed by atoms with E-state index in [1.165, 1.54) is 0 Å². The van der Waals surface area contributed by atoms with Crippen molar-refractivity contribution in [3.05, 3.63) is 23.8 Å². The Balaban J connectivity index is 2.24. The van der Waals surface area contributed by atoms with Crippen LogP contribution in [0.2, 0.25) is 0 Å². The number of anilines is 2. The van der Waals surface area contributed by atoms with Crippen LogP contribution >= 0.6 is 0 Å². The molecule has 6 nitrogen and oxygen atoms in total. The first-order valence-electron chi connectivity index (χ1n) is 6.65. The summed E-state index contributed by atoms with van der Waals surface area (Å²) < 4.78 is 0. The topological polar surface area (TPSA) is 115 Å². The van der Waals surface area contributed by atoms with Crippen LogP contribution in [-0.4, -0.2) is 29.3 Å². The van der Waals surface area contributed by atoms with Crippen molar-refractivity contribution in [3.63, 3.8) is 0 Å². The Morgan fingerprint density at radius 3 is 2.55 bits per heavy atom. The molecule has 6 N–H and O–H groups in total. The molecule has 20 heavy (non-hydrogen) atoms. The molecule has 1 aliphatic rings. The smallest absolute Gasteiger partial charge is 0.256 e. The van der Waals surface area contributed by atoms with Crippen molar-refractivity contribution in [1.29, 1.82) is 0 Å². The van der Waals surface area contributed by atoms with Crippen LogP contribution in [0.5, 0.6) is 0 Å². The zero-order valence-electron chi connectivity index (χ0n) is 11.5. The lowest BCUT2D eigenvalue weighted by molar-refractivity contribution is -0.123. The van der Waals surface area contributed by atoms with Crippen LogP contribution in [0, 0.1) is 5.92 Å². The van der Waals surface area contributed by atoms with Gasteiger partial charge in [-0.3, -0.25) is 9.59 Å². The number of nitrogens with zero attached hydrogens (tertiary/aromatic N) is 1. The third kappa shape index (κ3) is 2.68. The molecular weight excluding hydrogens is 256 g/mol. The number of rotatable bonds is 2. The molecule has 0 saturated carbocycles. The molecule has 108 valence electrons. The maximum atomic E-state index is 12.6. The summed E-state index contributed by atoms with van der Waals surface area (Å²) in [7, 11) is 0. The van der Waals surface area contributed by atoms with Gasteiger partial charge in [-0.05, 0) is 38.0 Å². The molecule has 1 aromatic carbocycles. The molecule has 2 rings (SSSR count). The van der Waals surface area contributed by atoms with Crippen LogP contribution in [0.4, 0.5) is 11.4 Å². The van der Waals surface area contributed by atoms with E-state index in [0.29, 0.717) is 23.5 Å². The number of carbonyl (C=O) groups excluding carboxylic acids is 2. The molecule has 1 aromatic rings. The Bertz CT molecular complexity index is 544. The largest absolute Gasteiger partial charge is 0.399 e. The number of nitrogen functional groups attached to an aromatic ring is 2. The van der Waals surface area contributed by atoms with Crippen molar-refractivity contribution in [3.8, 4) is 0 Å². The average Bonchev–Trinajstić information content (AvgIpc) is 2.38. The average molecular weight is 276 g/mol. The van der Waals surface area contributed by atoms with Crippen LogP contribution in [-0.2, 0) is 4.79 Å². The highest BCUT2D eigenvalue weighted by Gasteiger charge is 2.32. The Labute approximate surface area is 117 Å². The monoisotopic (exact) mass is 276 g/mol. The lowest BCUT2D eigenvalue weighted by Gasteiger charge is -2.37. The standard InChI is InChI=1S/C14H20N4O2/c1-8-2-3-9(13(17)19)7-18(8)14(20)11-5-4-10(15)6-12(11)16/h4-6,8-9H,2-3,7,15-16H2,1H3,(H2,17,19). The lowest BCUT2D eigenvalue weighted by atomic mass is 9.92. The van der Waals surface area contributed by atoms with E-state index in [4.69, 9.17) is 17.2 Å². The van der Waals surface area contributed by atoms with Crippen molar-refractivity contribution >= 4 is 23.2 Å². The van der Waals surface area contributed by atoms with Gasteiger partial charge in [-0.1, -0.05) is 0 Å². The van der Waals surface area contributed by atoms with Gasteiger partial charge in [0, 0.05) is 24.0 Å². The quantitative estimate of drug-likeness (QED) is 0.685. The summed E-state index contributed by atoms with van der Waals surface area (Å²) in [4.78, 5) is 25.6. The fourth-order valence-corrected chi connectivity index (χ4v) is 2.55. The summed E-state index contributed by atoms with van der Waals surface area (Å²) in [6.45, 7) is 2.31. The molecule has 2 atom stereocenters. The van der Waals surface area contributed by atoms with Gasteiger partial charge < -0.3 is 22.1 Å². The summed E-state index contributed by atoms with van der Waals surface area (Å²) in [5, 5.41) is 0. The molecule has 2 unspecified atom stereocenters. The number of nitrogens with two attached hydrogens (primary N) is 3. The van der Waals surface area contributed by atoms with E-state index < -0.39 is 0 Å². The van der Waals surface area contributed by atoms with Crippen molar-refractivity contribution in [2.45, 2.75) is 25.8 Å². The highest BCUT2D eigenvalue weighted by atomic mass is 16.2. The summed E-state index contributed by atoms with van der Waals surface area (Å²) in [6, 6.07) is 4.89. The highest BCUT2D eigenvalue weighted by molar-refractivity contribution is 6.00. The normalized spacial score (nSPS) is 22.6. The highest BCUT2D eigenvalue weighted by Crippen LogP contribution is 2.25. The number of hydrogen-bond donors (Lipinski definition) is 3. The van der Waals surface area contributed by atoms with E-state index in [9.17, 15) is 9.59 Å². The minimum Gasteiger partial charge on any atom is -0.399 e. The third-order valence-corrected chi connectivity index (χ3v) is 3.85. The molecule has 0 spiro atoms. The number of likely N-dealkylation sites (tertiary alicyclic amines) is 1. The maximum absolute atomic E-state index is 12.6. The predicted molar refractivity (Wildman–Crippen MR) is 77.7 cm³/mol. The molecule has 0 aliphatic carbocycles. The number of piperidine rings is 1. The van der Waals surface area contributed by atoms with Gasteiger partial charge >= 0.3 is 0 Å². The molecule has 1 fully saturated rings. The first kappa shape index (κ1) is 14.2. The first-order valence-corrected chi connectivity index (χ1v) is 6.65. The Morgan fingerprint density at radius 1 is 1.25 bits per heavy atom. The van der Waals surface area contributed by atoms with E-state index in [1.807, 2.05) is 6.92 Å². The number of hydrogen-bond acceptors (Lipinski definition) is 4. The molecule has 0 radical (unpaired) electrons. The van der Waals surface area contributed by atoms with Crippen molar-refractivity contribution < 1.29 is 9.59 Å². The van der Waals surface area contributed by atoms with Crippen LogP contribution in [0.25, 0.3) is 0 Å². The number of carbonyl (C=O) groups is 2. The molecular formula is C14H20N4O2. The third-order valence-electron chi connectivity index (χ3n) is 3.85. The van der Waals surface area contributed by atoms with E-state index >= 15 is 0 Å². The van der Waals surface area contributed by atoms with Crippen LogP contribution in [0.15, 0.2) is 18.2 Å². The molecule has 0 aromatic heterocycles. The van der Waals surface area contributed by atoms with Gasteiger partial charge in [0.1, 0.15) is 0 Å². The van der Waals surface area contributed by atoms with Crippen molar-refractivity contribution in [1.82, 2.24) is 4.90 Å². The minimum atomic E-state index is -0.361. The number of amides is 2. The number of primary amides is 1. The minimum absolute atomic E-state index is 0.0649. The molecule has 1 aliphatic heterocycles. The summed E-state index contributed by atoms with van der Waals surface area (Å²) in [5.74, 6) is -0.828. The molecule has 1 saturated heterocycles. The van der Waals surface area contributed by atoms with E-state index in [2.05, 4.69) is 0 Å². The van der Waals surface area contributed by atoms with Crippen LogP contribution < -0.4 is 17.2 Å². The summed E-state index contributed by atoms with van der Waals surface area (Å²) >= 11 is 0. The fourth-order valence-electron chi connectivity index (χ4n) is 2.55. The zero-order chi connectivity index (χ0) is 14.9. The molecule has 1 heterocycles. The molecule has 6 heteroatoms. The van der Waals surface area contributed by atoms with Gasteiger partial charge in [-0.2, -0.15) is 0 Å². The predicted octanol–water partition coefficient (Wildman–Crippen LogP) is 0.577. The van der Waals surface area contributed by atoms with Gasteiger partial charge in [-0.15, -0.1) is 0 Å². The van der Waals surface area contributed by atoms with Gasteiger partial charge in [0.2, 0.25) is 5.91 Å². The van der Waals surface area contributed by atoms with E-state index in [-0.39, 0.29) is 23.8 Å². The Hall–Kier alpha value is -2.24.